The van der Waals surface area contributed by atoms with Crippen LogP contribution in [0.3, 0.4) is 0 Å². The highest BCUT2D eigenvalue weighted by Crippen LogP contribution is 2.17. The molecule has 0 aromatic carbocycles. The van der Waals surface area contributed by atoms with E-state index in [4.69, 9.17) is 0 Å². The number of amides is 1. The van der Waals surface area contributed by atoms with Crippen molar-refractivity contribution in [3.63, 3.8) is 0 Å². The summed E-state index contributed by atoms with van der Waals surface area (Å²) >= 11 is 0. The third-order valence-corrected chi connectivity index (χ3v) is 4.31. The van der Waals surface area contributed by atoms with Crippen molar-refractivity contribution >= 4 is 5.91 Å². The Balaban J connectivity index is 1.71. The topological polar surface area (TPSA) is 44.4 Å². The Bertz CT molecular complexity index is 257. The molecule has 0 bridgehead atoms. The molecule has 17 heavy (non-hydrogen) atoms. The van der Waals surface area contributed by atoms with Crippen LogP contribution in [0.5, 0.6) is 0 Å². The number of rotatable bonds is 4. The minimum Gasteiger partial charge on any atom is -0.353 e. The van der Waals surface area contributed by atoms with Crippen molar-refractivity contribution in [1.29, 1.82) is 0 Å². The largest absolute Gasteiger partial charge is 0.353 e. The van der Waals surface area contributed by atoms with Gasteiger partial charge >= 0.3 is 0 Å². The third kappa shape index (κ3) is 3.19. The number of hydrogen-bond acceptors (Lipinski definition) is 3. The molecular formula is C13H25N3O. The molecule has 0 spiro atoms. The van der Waals surface area contributed by atoms with E-state index < -0.39 is 0 Å². The van der Waals surface area contributed by atoms with Crippen LogP contribution >= 0.6 is 0 Å². The number of carbonyl (C=O) groups excluding carboxylic acids is 1. The average molecular weight is 239 g/mol. The Morgan fingerprint density at radius 1 is 1.41 bits per heavy atom. The molecule has 2 aliphatic heterocycles. The summed E-state index contributed by atoms with van der Waals surface area (Å²) in [5, 5.41) is 6.45. The molecule has 2 heterocycles. The van der Waals surface area contributed by atoms with Crippen LogP contribution in [-0.2, 0) is 4.79 Å². The number of carbonyl (C=O) groups is 1. The van der Waals surface area contributed by atoms with Crippen molar-refractivity contribution in [3.05, 3.63) is 0 Å². The zero-order valence-corrected chi connectivity index (χ0v) is 11.0. The SMILES string of the molecule is CCN1CCC(NC(=O)C(C)C2CNC2)CC1. The normalized spacial score (nSPS) is 25.3. The molecular weight excluding hydrogens is 214 g/mol. The lowest BCUT2D eigenvalue weighted by atomic mass is 9.88. The monoisotopic (exact) mass is 239 g/mol. The maximum atomic E-state index is 12.0. The summed E-state index contributed by atoms with van der Waals surface area (Å²) in [7, 11) is 0. The molecule has 1 unspecified atom stereocenters. The second kappa shape index (κ2) is 5.83. The lowest BCUT2D eigenvalue weighted by Gasteiger charge is -2.35. The summed E-state index contributed by atoms with van der Waals surface area (Å²) < 4.78 is 0. The first-order chi connectivity index (χ1) is 8.20. The van der Waals surface area contributed by atoms with Crippen LogP contribution in [0.25, 0.3) is 0 Å². The molecule has 0 aromatic rings. The Hall–Kier alpha value is -0.610. The van der Waals surface area contributed by atoms with E-state index in [1.807, 2.05) is 0 Å². The van der Waals surface area contributed by atoms with Gasteiger partial charge in [0.15, 0.2) is 0 Å². The predicted octanol–water partition coefficient (Wildman–Crippen LogP) is 0.442. The van der Waals surface area contributed by atoms with Gasteiger partial charge in [-0.3, -0.25) is 4.79 Å². The maximum Gasteiger partial charge on any atom is 0.223 e. The van der Waals surface area contributed by atoms with Gasteiger partial charge in [0.1, 0.15) is 0 Å². The second-order valence-corrected chi connectivity index (χ2v) is 5.42. The summed E-state index contributed by atoms with van der Waals surface area (Å²) in [4.78, 5) is 14.5. The fourth-order valence-corrected chi connectivity index (χ4v) is 2.60. The predicted molar refractivity (Wildman–Crippen MR) is 68.8 cm³/mol. The van der Waals surface area contributed by atoms with Gasteiger partial charge in [-0.2, -0.15) is 0 Å². The van der Waals surface area contributed by atoms with E-state index in [-0.39, 0.29) is 11.8 Å². The van der Waals surface area contributed by atoms with E-state index in [0.29, 0.717) is 12.0 Å². The van der Waals surface area contributed by atoms with Crippen molar-refractivity contribution in [2.75, 3.05) is 32.7 Å². The minimum atomic E-state index is 0.167. The molecule has 2 saturated heterocycles. The highest BCUT2D eigenvalue weighted by atomic mass is 16.1. The third-order valence-electron chi connectivity index (χ3n) is 4.31. The van der Waals surface area contributed by atoms with Gasteiger partial charge < -0.3 is 15.5 Å². The van der Waals surface area contributed by atoms with Gasteiger partial charge in [-0.15, -0.1) is 0 Å². The number of nitrogens with one attached hydrogen (secondary N) is 2. The molecule has 4 nitrogen and oxygen atoms in total. The van der Waals surface area contributed by atoms with Gasteiger partial charge in [0.25, 0.3) is 0 Å². The van der Waals surface area contributed by atoms with Crippen LogP contribution in [0.4, 0.5) is 0 Å². The summed E-state index contributed by atoms with van der Waals surface area (Å²) in [5.41, 5.74) is 0. The van der Waals surface area contributed by atoms with Gasteiger partial charge in [-0.1, -0.05) is 13.8 Å². The zero-order chi connectivity index (χ0) is 12.3. The zero-order valence-electron chi connectivity index (χ0n) is 11.0. The molecule has 0 aromatic heterocycles. The van der Waals surface area contributed by atoms with Crippen LogP contribution in [0.15, 0.2) is 0 Å². The van der Waals surface area contributed by atoms with Crippen molar-refractivity contribution in [1.82, 2.24) is 15.5 Å². The van der Waals surface area contributed by atoms with Gasteiger partial charge in [0.05, 0.1) is 0 Å². The fraction of sp³-hybridized carbons (Fsp3) is 0.923. The molecule has 2 aliphatic rings. The lowest BCUT2D eigenvalue weighted by molar-refractivity contribution is -0.127. The Morgan fingerprint density at radius 2 is 2.06 bits per heavy atom. The van der Waals surface area contributed by atoms with E-state index in [9.17, 15) is 4.79 Å². The summed E-state index contributed by atoms with van der Waals surface area (Å²) in [6.45, 7) is 9.64. The molecule has 2 N–H and O–H groups in total. The van der Waals surface area contributed by atoms with E-state index in [1.165, 1.54) is 0 Å². The van der Waals surface area contributed by atoms with Gasteiger partial charge in [0.2, 0.25) is 5.91 Å². The highest BCUT2D eigenvalue weighted by Gasteiger charge is 2.30. The first-order valence-electron chi connectivity index (χ1n) is 6.94. The molecule has 0 radical (unpaired) electrons. The van der Waals surface area contributed by atoms with E-state index >= 15 is 0 Å². The summed E-state index contributed by atoms with van der Waals surface area (Å²) in [5.74, 6) is 0.970. The first kappa shape index (κ1) is 12.8. The Morgan fingerprint density at radius 3 is 2.53 bits per heavy atom. The number of piperidine rings is 1. The van der Waals surface area contributed by atoms with Crippen molar-refractivity contribution < 1.29 is 4.79 Å². The Labute approximate surface area is 104 Å². The molecule has 98 valence electrons. The second-order valence-electron chi connectivity index (χ2n) is 5.42. The molecule has 4 heteroatoms. The fourth-order valence-electron chi connectivity index (χ4n) is 2.60. The first-order valence-corrected chi connectivity index (χ1v) is 6.94. The quantitative estimate of drug-likeness (QED) is 0.748. The smallest absolute Gasteiger partial charge is 0.223 e. The van der Waals surface area contributed by atoms with Gasteiger partial charge in [-0.25, -0.2) is 0 Å². The van der Waals surface area contributed by atoms with E-state index in [2.05, 4.69) is 29.4 Å². The van der Waals surface area contributed by atoms with Crippen molar-refractivity contribution in [2.24, 2.45) is 11.8 Å². The van der Waals surface area contributed by atoms with Gasteiger partial charge in [-0.05, 0) is 38.4 Å². The number of likely N-dealkylation sites (tertiary alicyclic amines) is 1. The average Bonchev–Trinajstić information content (AvgIpc) is 2.27. The van der Waals surface area contributed by atoms with E-state index in [1.54, 1.807) is 0 Å². The minimum absolute atomic E-state index is 0.167. The van der Waals surface area contributed by atoms with E-state index in [0.717, 1.165) is 45.6 Å². The van der Waals surface area contributed by atoms with Crippen LogP contribution in [0.1, 0.15) is 26.7 Å². The molecule has 1 atom stereocenters. The number of hydrogen-bond donors (Lipinski definition) is 2. The highest BCUT2D eigenvalue weighted by molar-refractivity contribution is 5.79. The van der Waals surface area contributed by atoms with Crippen LogP contribution in [0, 0.1) is 11.8 Å². The molecule has 1 amide bonds. The van der Waals surface area contributed by atoms with Crippen molar-refractivity contribution in [2.45, 2.75) is 32.7 Å². The van der Waals surface area contributed by atoms with Crippen LogP contribution < -0.4 is 10.6 Å². The molecule has 0 aliphatic carbocycles. The molecule has 2 rings (SSSR count). The van der Waals surface area contributed by atoms with Crippen molar-refractivity contribution in [3.8, 4) is 0 Å². The number of nitrogens with zero attached hydrogens (tertiary/aromatic N) is 1. The molecule has 0 saturated carbocycles. The van der Waals surface area contributed by atoms with Crippen LogP contribution in [0.2, 0.25) is 0 Å². The van der Waals surface area contributed by atoms with Gasteiger partial charge in [0, 0.05) is 25.0 Å². The summed E-state index contributed by atoms with van der Waals surface area (Å²) in [6, 6.07) is 0.404. The molecule has 2 fully saturated rings. The van der Waals surface area contributed by atoms with Crippen LogP contribution in [-0.4, -0.2) is 49.6 Å². The Kier molecular flexibility index (Phi) is 4.40. The standard InChI is InChI=1S/C13H25N3O/c1-3-16-6-4-12(5-7-16)15-13(17)10(2)11-8-14-9-11/h10-12,14H,3-9H2,1-2H3,(H,15,17). The summed E-state index contributed by atoms with van der Waals surface area (Å²) in [6.07, 6.45) is 2.21. The maximum absolute atomic E-state index is 12.0. The lowest BCUT2D eigenvalue weighted by Crippen LogP contribution is -2.52.